The van der Waals surface area contributed by atoms with Gasteiger partial charge < -0.3 is 10.1 Å². The smallest absolute Gasteiger partial charge is 0.257 e. The molecule has 162 valence electrons. The Bertz CT molecular complexity index is 1450. The molecular formula is C24H19N7O2. The number of aryl methyl sites for hydroxylation is 1. The maximum absolute atomic E-state index is 12.7. The van der Waals surface area contributed by atoms with E-state index in [-0.39, 0.29) is 5.91 Å². The van der Waals surface area contributed by atoms with Crippen LogP contribution in [0, 0.1) is 0 Å². The van der Waals surface area contributed by atoms with Gasteiger partial charge in [-0.1, -0.05) is 30.3 Å². The number of amides is 1. The summed E-state index contributed by atoms with van der Waals surface area (Å²) in [5.41, 5.74) is 4.91. The third-order valence-corrected chi connectivity index (χ3v) is 5.18. The molecule has 3 aromatic heterocycles. The van der Waals surface area contributed by atoms with Crippen LogP contribution in [0.4, 0.5) is 5.69 Å². The van der Waals surface area contributed by atoms with Gasteiger partial charge >= 0.3 is 0 Å². The first-order valence-electron chi connectivity index (χ1n) is 10.1. The van der Waals surface area contributed by atoms with E-state index in [0.29, 0.717) is 28.2 Å². The predicted molar refractivity (Wildman–Crippen MR) is 124 cm³/mol. The van der Waals surface area contributed by atoms with Gasteiger partial charge in [-0.15, -0.1) is 0 Å². The number of fused-ring (bicyclic) bond motifs is 1. The molecule has 0 fully saturated rings. The summed E-state index contributed by atoms with van der Waals surface area (Å²) in [6.07, 6.45) is 6.31. The van der Waals surface area contributed by atoms with E-state index in [2.05, 4.69) is 30.6 Å². The number of methoxy groups -OCH3 is 1. The lowest BCUT2D eigenvalue weighted by Crippen LogP contribution is -2.13. The molecule has 0 atom stereocenters. The van der Waals surface area contributed by atoms with Gasteiger partial charge in [0.15, 0.2) is 0 Å². The van der Waals surface area contributed by atoms with E-state index < -0.39 is 0 Å². The van der Waals surface area contributed by atoms with Gasteiger partial charge in [0.2, 0.25) is 0 Å². The molecule has 2 aromatic carbocycles. The van der Waals surface area contributed by atoms with Crippen molar-refractivity contribution in [3.63, 3.8) is 0 Å². The van der Waals surface area contributed by atoms with E-state index in [1.54, 1.807) is 23.9 Å². The number of carbonyl (C=O) groups is 1. The van der Waals surface area contributed by atoms with Crippen molar-refractivity contribution in [2.75, 3.05) is 12.4 Å². The average molecular weight is 437 g/mol. The Morgan fingerprint density at radius 3 is 2.64 bits per heavy atom. The van der Waals surface area contributed by atoms with Crippen LogP contribution in [-0.2, 0) is 7.05 Å². The molecule has 9 heteroatoms. The fourth-order valence-electron chi connectivity index (χ4n) is 3.66. The lowest BCUT2D eigenvalue weighted by molar-refractivity contribution is 0.102. The first-order valence-corrected chi connectivity index (χ1v) is 10.1. The van der Waals surface area contributed by atoms with Crippen molar-refractivity contribution in [1.29, 1.82) is 0 Å². The Morgan fingerprint density at radius 1 is 1.03 bits per heavy atom. The molecule has 0 aliphatic heterocycles. The zero-order valence-corrected chi connectivity index (χ0v) is 17.9. The minimum Gasteiger partial charge on any atom is -0.494 e. The third-order valence-electron chi connectivity index (χ3n) is 5.18. The molecule has 0 radical (unpaired) electrons. The molecule has 0 aliphatic carbocycles. The molecule has 0 aliphatic rings. The Hall–Kier alpha value is -4.66. The maximum Gasteiger partial charge on any atom is 0.257 e. The SMILES string of the molecule is COc1cc2ncnc(-c3cn(C)nc3-c3ccccc3)c2cc1NC(=O)c1ccnnc1. The van der Waals surface area contributed by atoms with Crippen LogP contribution in [-0.4, -0.2) is 43.0 Å². The number of hydrogen-bond acceptors (Lipinski definition) is 7. The van der Waals surface area contributed by atoms with Gasteiger partial charge in [0.05, 0.1) is 42.0 Å². The molecule has 1 amide bonds. The minimum absolute atomic E-state index is 0.327. The Balaban J connectivity index is 1.65. The molecule has 0 saturated heterocycles. The largest absolute Gasteiger partial charge is 0.494 e. The second-order valence-corrected chi connectivity index (χ2v) is 7.31. The number of rotatable bonds is 5. The van der Waals surface area contributed by atoms with Crippen molar-refractivity contribution in [3.8, 4) is 28.3 Å². The zero-order valence-electron chi connectivity index (χ0n) is 17.9. The van der Waals surface area contributed by atoms with Crippen LogP contribution in [0.25, 0.3) is 33.4 Å². The van der Waals surface area contributed by atoms with Gasteiger partial charge in [0.1, 0.15) is 17.8 Å². The van der Waals surface area contributed by atoms with Gasteiger partial charge in [-0.3, -0.25) is 9.48 Å². The van der Waals surface area contributed by atoms with E-state index in [1.807, 2.05) is 49.6 Å². The van der Waals surface area contributed by atoms with Gasteiger partial charge in [-0.2, -0.15) is 15.3 Å². The van der Waals surface area contributed by atoms with Crippen molar-refractivity contribution >= 4 is 22.5 Å². The normalized spacial score (nSPS) is 10.8. The minimum atomic E-state index is -0.327. The fraction of sp³-hybridized carbons (Fsp3) is 0.0833. The van der Waals surface area contributed by atoms with E-state index >= 15 is 0 Å². The highest BCUT2D eigenvalue weighted by Crippen LogP contribution is 2.37. The quantitative estimate of drug-likeness (QED) is 0.446. The molecule has 0 saturated carbocycles. The highest BCUT2D eigenvalue weighted by atomic mass is 16.5. The predicted octanol–water partition coefficient (Wildman–Crippen LogP) is 3.75. The zero-order chi connectivity index (χ0) is 22.8. The first-order chi connectivity index (χ1) is 16.1. The summed E-state index contributed by atoms with van der Waals surface area (Å²) in [5, 5.41) is 15.8. The first kappa shape index (κ1) is 20.3. The van der Waals surface area contributed by atoms with Crippen LogP contribution in [0.15, 0.2) is 73.4 Å². The number of aromatic nitrogens is 6. The molecule has 0 unspecified atom stereocenters. The maximum atomic E-state index is 12.7. The molecular weight excluding hydrogens is 418 g/mol. The summed E-state index contributed by atoms with van der Waals surface area (Å²) in [6, 6.07) is 15.1. The standard InChI is InChI=1S/C24H19N7O2/c1-31-13-18(22(30-31)15-6-4-3-5-7-15)23-17-10-20(21(33-2)11-19(17)25-14-26-23)29-24(32)16-8-9-27-28-12-16/h3-14H,1-2H3,(H,29,32). The molecule has 5 rings (SSSR count). The molecule has 5 aromatic rings. The second kappa shape index (κ2) is 8.46. The molecule has 3 heterocycles. The van der Waals surface area contributed by atoms with Crippen LogP contribution >= 0.6 is 0 Å². The highest BCUT2D eigenvalue weighted by Gasteiger charge is 2.19. The van der Waals surface area contributed by atoms with Gasteiger partial charge in [0, 0.05) is 35.8 Å². The molecule has 0 spiro atoms. The average Bonchev–Trinajstić information content (AvgIpc) is 3.25. The molecule has 33 heavy (non-hydrogen) atoms. The summed E-state index contributed by atoms with van der Waals surface area (Å²) in [6.45, 7) is 0. The lowest BCUT2D eigenvalue weighted by Gasteiger charge is -2.13. The summed E-state index contributed by atoms with van der Waals surface area (Å²) < 4.78 is 7.27. The number of hydrogen-bond donors (Lipinski definition) is 1. The Morgan fingerprint density at radius 2 is 1.88 bits per heavy atom. The van der Waals surface area contributed by atoms with E-state index in [4.69, 9.17) is 4.74 Å². The van der Waals surface area contributed by atoms with Crippen molar-refractivity contribution in [1.82, 2.24) is 29.9 Å². The van der Waals surface area contributed by atoms with Gasteiger partial charge in [-0.25, -0.2) is 9.97 Å². The number of nitrogens with zero attached hydrogens (tertiary/aromatic N) is 6. The van der Waals surface area contributed by atoms with E-state index in [0.717, 1.165) is 22.2 Å². The number of carbonyl (C=O) groups excluding carboxylic acids is 1. The Labute approximate surface area is 189 Å². The van der Waals surface area contributed by atoms with Crippen molar-refractivity contribution in [2.45, 2.75) is 0 Å². The molecule has 9 nitrogen and oxygen atoms in total. The van der Waals surface area contributed by atoms with Crippen LogP contribution < -0.4 is 10.1 Å². The number of anilines is 1. The van der Waals surface area contributed by atoms with Crippen LogP contribution in [0.2, 0.25) is 0 Å². The van der Waals surface area contributed by atoms with Gasteiger partial charge in [-0.05, 0) is 12.1 Å². The number of ether oxygens (including phenoxy) is 1. The lowest BCUT2D eigenvalue weighted by atomic mass is 10.0. The van der Waals surface area contributed by atoms with Crippen LogP contribution in [0.1, 0.15) is 10.4 Å². The number of nitrogens with one attached hydrogen (secondary N) is 1. The summed E-state index contributed by atoms with van der Waals surface area (Å²) in [5.74, 6) is 0.157. The van der Waals surface area contributed by atoms with Crippen LogP contribution in [0.3, 0.4) is 0 Å². The van der Waals surface area contributed by atoms with Crippen molar-refractivity contribution in [2.24, 2.45) is 7.05 Å². The third kappa shape index (κ3) is 3.87. The Kier molecular flexibility index (Phi) is 5.19. The molecule has 1 N–H and O–H groups in total. The summed E-state index contributed by atoms with van der Waals surface area (Å²) >= 11 is 0. The summed E-state index contributed by atoms with van der Waals surface area (Å²) in [7, 11) is 3.41. The topological polar surface area (TPSA) is 108 Å². The van der Waals surface area contributed by atoms with Gasteiger partial charge in [0.25, 0.3) is 5.91 Å². The molecule has 0 bridgehead atoms. The van der Waals surface area contributed by atoms with E-state index in [9.17, 15) is 4.79 Å². The van der Waals surface area contributed by atoms with Crippen molar-refractivity contribution in [3.05, 3.63) is 79.0 Å². The van der Waals surface area contributed by atoms with E-state index in [1.165, 1.54) is 18.7 Å². The fourth-order valence-corrected chi connectivity index (χ4v) is 3.66. The summed E-state index contributed by atoms with van der Waals surface area (Å²) in [4.78, 5) is 21.7. The second-order valence-electron chi connectivity index (χ2n) is 7.31. The van der Waals surface area contributed by atoms with Crippen LogP contribution in [0.5, 0.6) is 5.75 Å². The monoisotopic (exact) mass is 437 g/mol. The highest BCUT2D eigenvalue weighted by molar-refractivity contribution is 6.07. The number of benzene rings is 2. The van der Waals surface area contributed by atoms with Crippen molar-refractivity contribution < 1.29 is 9.53 Å².